The number of rotatable bonds is 5. The number of amides is 1. The number of sulfone groups is 1. The van der Waals surface area contributed by atoms with Gasteiger partial charge < -0.3 is 10.6 Å². The highest BCUT2D eigenvalue weighted by molar-refractivity contribution is 7.90. The predicted molar refractivity (Wildman–Crippen MR) is 73.0 cm³/mol. The quantitative estimate of drug-likeness (QED) is 0.861. The van der Waals surface area contributed by atoms with Crippen molar-refractivity contribution in [3.8, 4) is 0 Å². The monoisotopic (exact) mass is 324 g/mol. The molecule has 0 aliphatic rings. The van der Waals surface area contributed by atoms with Crippen LogP contribution in [0, 0.1) is 0 Å². The summed E-state index contributed by atoms with van der Waals surface area (Å²) in [5, 5.41) is 4.67. The molecule has 0 fully saturated rings. The Kier molecular flexibility index (Phi) is 5.21. The fraction of sp³-hybridized carbons (Fsp3) is 0.417. The fourth-order valence-corrected chi connectivity index (χ4v) is 2.06. The van der Waals surface area contributed by atoms with Gasteiger partial charge in [0, 0.05) is 31.1 Å². The second-order valence-electron chi connectivity index (χ2n) is 4.39. The van der Waals surface area contributed by atoms with Gasteiger partial charge in [-0.05, 0) is 18.2 Å². The lowest BCUT2D eigenvalue weighted by atomic mass is 10.1. The first-order valence-electron chi connectivity index (χ1n) is 5.89. The van der Waals surface area contributed by atoms with Gasteiger partial charge in [0.05, 0.1) is 11.3 Å². The molecule has 1 rings (SSSR count). The molecule has 0 atom stereocenters. The molecule has 21 heavy (non-hydrogen) atoms. The van der Waals surface area contributed by atoms with Gasteiger partial charge in [-0.1, -0.05) is 0 Å². The second kappa shape index (κ2) is 6.33. The van der Waals surface area contributed by atoms with E-state index in [-0.39, 0.29) is 23.5 Å². The SMILES string of the molecule is CNc1ccc(C(=O)NCCS(C)(=O)=O)cc1C(F)(F)F. The van der Waals surface area contributed by atoms with Gasteiger partial charge in [-0.15, -0.1) is 0 Å². The number of halogens is 3. The smallest absolute Gasteiger partial charge is 0.388 e. The molecule has 118 valence electrons. The number of benzene rings is 1. The van der Waals surface area contributed by atoms with Crippen molar-refractivity contribution >= 4 is 21.4 Å². The van der Waals surface area contributed by atoms with E-state index in [0.29, 0.717) is 0 Å². The molecular formula is C12H15F3N2O3S. The number of nitrogens with one attached hydrogen (secondary N) is 2. The Balaban J connectivity index is 2.91. The molecule has 0 heterocycles. The molecule has 1 aromatic rings. The normalized spacial score (nSPS) is 12.0. The van der Waals surface area contributed by atoms with Crippen molar-refractivity contribution in [3.63, 3.8) is 0 Å². The molecule has 0 aromatic heterocycles. The van der Waals surface area contributed by atoms with Crippen LogP contribution in [0.1, 0.15) is 15.9 Å². The molecule has 0 saturated heterocycles. The first kappa shape index (κ1) is 17.3. The van der Waals surface area contributed by atoms with E-state index in [1.54, 1.807) is 0 Å². The molecule has 0 aliphatic carbocycles. The minimum absolute atomic E-state index is 0.143. The number of carbonyl (C=O) groups is 1. The van der Waals surface area contributed by atoms with Gasteiger partial charge in [0.2, 0.25) is 0 Å². The van der Waals surface area contributed by atoms with Crippen LogP contribution in [0.3, 0.4) is 0 Å². The van der Waals surface area contributed by atoms with Gasteiger partial charge in [0.1, 0.15) is 9.84 Å². The number of hydrogen-bond donors (Lipinski definition) is 2. The molecule has 0 unspecified atom stereocenters. The maximum absolute atomic E-state index is 12.8. The van der Waals surface area contributed by atoms with E-state index < -0.39 is 27.5 Å². The highest BCUT2D eigenvalue weighted by atomic mass is 32.2. The molecule has 0 spiro atoms. The maximum atomic E-state index is 12.8. The van der Waals surface area contributed by atoms with Crippen LogP contribution in [0.2, 0.25) is 0 Å². The minimum Gasteiger partial charge on any atom is -0.388 e. The van der Waals surface area contributed by atoms with E-state index in [9.17, 15) is 26.4 Å². The average molecular weight is 324 g/mol. The number of carbonyl (C=O) groups excluding carboxylic acids is 1. The van der Waals surface area contributed by atoms with Crippen LogP contribution >= 0.6 is 0 Å². The zero-order valence-electron chi connectivity index (χ0n) is 11.4. The Hall–Kier alpha value is -1.77. The second-order valence-corrected chi connectivity index (χ2v) is 6.65. The standard InChI is InChI=1S/C12H15F3N2O3S/c1-16-10-4-3-8(7-9(10)12(13,14)15)11(18)17-5-6-21(2,19)20/h3-4,7,16H,5-6H2,1-2H3,(H,17,18). The average Bonchev–Trinajstić information content (AvgIpc) is 2.35. The summed E-state index contributed by atoms with van der Waals surface area (Å²) < 4.78 is 60.3. The topological polar surface area (TPSA) is 75.3 Å². The molecule has 2 N–H and O–H groups in total. The summed E-state index contributed by atoms with van der Waals surface area (Å²) in [6.45, 7) is -0.160. The zero-order valence-corrected chi connectivity index (χ0v) is 12.2. The zero-order chi connectivity index (χ0) is 16.3. The van der Waals surface area contributed by atoms with Gasteiger partial charge in [-0.25, -0.2) is 8.42 Å². The Bertz CT molecular complexity index is 627. The van der Waals surface area contributed by atoms with E-state index in [4.69, 9.17) is 0 Å². The molecule has 5 nitrogen and oxygen atoms in total. The molecular weight excluding hydrogens is 309 g/mol. The fourth-order valence-electron chi connectivity index (χ4n) is 1.59. The van der Waals surface area contributed by atoms with Crippen molar-refractivity contribution in [1.82, 2.24) is 5.32 Å². The van der Waals surface area contributed by atoms with E-state index in [1.165, 1.54) is 13.1 Å². The lowest BCUT2D eigenvalue weighted by Gasteiger charge is -2.14. The van der Waals surface area contributed by atoms with Crippen LogP contribution in [0.4, 0.5) is 18.9 Å². The van der Waals surface area contributed by atoms with Crippen LogP contribution in [0.25, 0.3) is 0 Å². The van der Waals surface area contributed by atoms with E-state index in [0.717, 1.165) is 18.4 Å². The van der Waals surface area contributed by atoms with Gasteiger partial charge in [0.15, 0.2) is 0 Å². The van der Waals surface area contributed by atoms with Gasteiger partial charge >= 0.3 is 6.18 Å². The molecule has 0 saturated carbocycles. The highest BCUT2D eigenvalue weighted by Gasteiger charge is 2.34. The molecule has 0 radical (unpaired) electrons. The highest BCUT2D eigenvalue weighted by Crippen LogP contribution is 2.35. The lowest BCUT2D eigenvalue weighted by molar-refractivity contribution is -0.136. The van der Waals surface area contributed by atoms with Crippen LogP contribution < -0.4 is 10.6 Å². The van der Waals surface area contributed by atoms with Crippen molar-refractivity contribution in [3.05, 3.63) is 29.3 Å². The summed E-state index contributed by atoms with van der Waals surface area (Å²) in [4.78, 5) is 11.7. The van der Waals surface area contributed by atoms with Gasteiger partial charge in [0.25, 0.3) is 5.91 Å². The van der Waals surface area contributed by atoms with Gasteiger partial charge in [-0.3, -0.25) is 4.79 Å². The van der Waals surface area contributed by atoms with Gasteiger partial charge in [-0.2, -0.15) is 13.2 Å². The summed E-state index contributed by atoms with van der Waals surface area (Å²) >= 11 is 0. The molecule has 1 amide bonds. The molecule has 0 bridgehead atoms. The number of anilines is 1. The summed E-state index contributed by atoms with van der Waals surface area (Å²) in [6.07, 6.45) is -3.59. The maximum Gasteiger partial charge on any atom is 0.418 e. The minimum atomic E-state index is -4.60. The van der Waals surface area contributed by atoms with Crippen molar-refractivity contribution < 1.29 is 26.4 Å². The lowest BCUT2D eigenvalue weighted by Crippen LogP contribution is -2.29. The molecule has 9 heteroatoms. The first-order valence-corrected chi connectivity index (χ1v) is 7.95. The van der Waals surface area contributed by atoms with E-state index >= 15 is 0 Å². The summed E-state index contributed by atoms with van der Waals surface area (Å²) in [7, 11) is -1.91. The number of hydrogen-bond acceptors (Lipinski definition) is 4. The van der Waals surface area contributed by atoms with Crippen molar-refractivity contribution in [2.45, 2.75) is 6.18 Å². The van der Waals surface area contributed by atoms with Crippen molar-refractivity contribution in [1.29, 1.82) is 0 Å². The Labute approximate surface area is 120 Å². The summed E-state index contributed by atoms with van der Waals surface area (Å²) in [5.74, 6) is -1.04. The van der Waals surface area contributed by atoms with E-state index in [2.05, 4.69) is 10.6 Å². The first-order chi connectivity index (χ1) is 9.54. The summed E-state index contributed by atoms with van der Waals surface area (Å²) in [6, 6.07) is 3.10. The summed E-state index contributed by atoms with van der Waals surface area (Å²) in [5.41, 5.74) is -1.29. The third-order valence-corrected chi connectivity index (χ3v) is 3.56. The Morgan fingerprint density at radius 3 is 2.38 bits per heavy atom. The largest absolute Gasteiger partial charge is 0.418 e. The van der Waals surface area contributed by atoms with Crippen LogP contribution in [0.15, 0.2) is 18.2 Å². The Morgan fingerprint density at radius 1 is 1.29 bits per heavy atom. The number of alkyl halides is 3. The Morgan fingerprint density at radius 2 is 1.90 bits per heavy atom. The van der Waals surface area contributed by atoms with E-state index in [1.807, 2.05) is 0 Å². The van der Waals surface area contributed by atoms with Crippen LogP contribution in [-0.4, -0.2) is 39.9 Å². The third kappa shape index (κ3) is 5.25. The van der Waals surface area contributed by atoms with Crippen molar-refractivity contribution in [2.24, 2.45) is 0 Å². The molecule has 0 aliphatic heterocycles. The predicted octanol–water partition coefficient (Wildman–Crippen LogP) is 1.52. The van der Waals surface area contributed by atoms with Crippen molar-refractivity contribution in [2.75, 3.05) is 30.9 Å². The van der Waals surface area contributed by atoms with Crippen LogP contribution in [0.5, 0.6) is 0 Å². The molecule has 1 aromatic carbocycles. The van der Waals surface area contributed by atoms with Crippen LogP contribution in [-0.2, 0) is 16.0 Å². The third-order valence-electron chi connectivity index (χ3n) is 2.61.